The predicted molar refractivity (Wildman–Crippen MR) is 82.9 cm³/mol. The van der Waals surface area contributed by atoms with Crippen molar-refractivity contribution in [2.24, 2.45) is 5.73 Å². The molecular weight excluding hydrogens is 323 g/mol. The number of amides is 1. The van der Waals surface area contributed by atoms with Gasteiger partial charge in [-0.1, -0.05) is 19.4 Å². The van der Waals surface area contributed by atoms with E-state index in [-0.39, 0.29) is 17.8 Å². The first kappa shape index (κ1) is 17.1. The number of carbonyl (C=O) groups is 1. The molecule has 1 amide bonds. The predicted octanol–water partition coefficient (Wildman–Crippen LogP) is 3.15. The van der Waals surface area contributed by atoms with Crippen LogP contribution in [0.4, 0.5) is 4.39 Å². The van der Waals surface area contributed by atoms with Crippen molar-refractivity contribution in [1.29, 1.82) is 0 Å². The molecule has 2 unspecified atom stereocenters. The lowest BCUT2D eigenvalue weighted by molar-refractivity contribution is -0.126. The molecule has 0 aliphatic carbocycles. The quantitative estimate of drug-likeness (QED) is 0.832. The molecule has 3 N–H and O–H groups in total. The van der Waals surface area contributed by atoms with Gasteiger partial charge in [-0.05, 0) is 60.3 Å². The highest BCUT2D eigenvalue weighted by Crippen LogP contribution is 2.18. The van der Waals surface area contributed by atoms with E-state index in [0.29, 0.717) is 17.3 Å². The molecule has 1 rings (SSSR count). The minimum atomic E-state index is -0.841. The van der Waals surface area contributed by atoms with Crippen LogP contribution in [0.2, 0.25) is 0 Å². The highest BCUT2D eigenvalue weighted by Gasteiger charge is 2.27. The Hall–Kier alpha value is -0.940. The molecule has 0 saturated heterocycles. The van der Waals surface area contributed by atoms with E-state index in [4.69, 9.17) is 5.73 Å². The van der Waals surface area contributed by atoms with Gasteiger partial charge >= 0.3 is 0 Å². The van der Waals surface area contributed by atoms with Gasteiger partial charge in [-0.15, -0.1) is 0 Å². The average molecular weight is 345 g/mol. The van der Waals surface area contributed by atoms with E-state index in [1.54, 1.807) is 19.1 Å². The molecule has 1 aromatic carbocycles. The van der Waals surface area contributed by atoms with E-state index in [2.05, 4.69) is 21.2 Å². The maximum atomic E-state index is 13.2. The molecule has 1 aromatic rings. The van der Waals surface area contributed by atoms with Gasteiger partial charge in [0.2, 0.25) is 5.91 Å². The van der Waals surface area contributed by atoms with E-state index in [1.807, 2.05) is 13.8 Å². The zero-order valence-electron chi connectivity index (χ0n) is 12.2. The highest BCUT2D eigenvalue weighted by atomic mass is 79.9. The summed E-state index contributed by atoms with van der Waals surface area (Å²) in [5.74, 6) is -0.434. The lowest BCUT2D eigenvalue weighted by Crippen LogP contribution is -2.53. The number of halogens is 2. The molecule has 0 aromatic heterocycles. The number of rotatable bonds is 6. The Morgan fingerprint density at radius 2 is 2.20 bits per heavy atom. The normalized spacial score (nSPS) is 15.5. The van der Waals surface area contributed by atoms with Gasteiger partial charge in [0.25, 0.3) is 0 Å². The van der Waals surface area contributed by atoms with Crippen LogP contribution in [0.1, 0.15) is 39.2 Å². The summed E-state index contributed by atoms with van der Waals surface area (Å²) in [4.78, 5) is 12.1. The smallest absolute Gasteiger partial charge is 0.240 e. The summed E-state index contributed by atoms with van der Waals surface area (Å²) in [5, 5.41) is 2.91. The van der Waals surface area contributed by atoms with Crippen molar-refractivity contribution in [3.63, 3.8) is 0 Å². The minimum absolute atomic E-state index is 0.0559. The van der Waals surface area contributed by atoms with Crippen LogP contribution in [-0.4, -0.2) is 17.5 Å². The molecule has 2 atom stereocenters. The first-order chi connectivity index (χ1) is 9.26. The molecule has 0 bridgehead atoms. The molecule has 0 heterocycles. The topological polar surface area (TPSA) is 55.1 Å². The lowest BCUT2D eigenvalue weighted by atomic mass is 9.95. The van der Waals surface area contributed by atoms with Crippen LogP contribution in [-0.2, 0) is 11.2 Å². The van der Waals surface area contributed by atoms with Crippen molar-refractivity contribution < 1.29 is 9.18 Å². The summed E-state index contributed by atoms with van der Waals surface area (Å²) in [7, 11) is 0. The fourth-order valence-electron chi connectivity index (χ4n) is 2.09. The Balaban J connectivity index is 2.61. The largest absolute Gasteiger partial charge is 0.352 e. The van der Waals surface area contributed by atoms with Gasteiger partial charge in [0.05, 0.1) is 10.0 Å². The van der Waals surface area contributed by atoms with E-state index in [0.717, 1.165) is 12.0 Å². The van der Waals surface area contributed by atoms with Crippen molar-refractivity contribution in [3.8, 4) is 0 Å². The molecule has 0 radical (unpaired) electrons. The van der Waals surface area contributed by atoms with Crippen LogP contribution in [0, 0.1) is 5.82 Å². The van der Waals surface area contributed by atoms with Gasteiger partial charge < -0.3 is 11.1 Å². The molecule has 5 heteroatoms. The third-order valence-electron chi connectivity index (χ3n) is 3.19. The maximum absolute atomic E-state index is 13.2. The van der Waals surface area contributed by atoms with Gasteiger partial charge in [0, 0.05) is 6.04 Å². The first-order valence-corrected chi connectivity index (χ1v) is 7.59. The number of benzene rings is 1. The Morgan fingerprint density at radius 1 is 1.55 bits per heavy atom. The van der Waals surface area contributed by atoms with Crippen LogP contribution in [0.15, 0.2) is 22.7 Å². The van der Waals surface area contributed by atoms with Crippen molar-refractivity contribution in [2.75, 3.05) is 0 Å². The fourth-order valence-corrected chi connectivity index (χ4v) is 2.52. The Labute approximate surface area is 128 Å². The molecular formula is C15H22BrFN2O. The lowest BCUT2D eigenvalue weighted by Gasteiger charge is -2.25. The molecule has 112 valence electrons. The second-order valence-corrected chi connectivity index (χ2v) is 6.35. The number of hydrogen-bond donors (Lipinski definition) is 2. The average Bonchev–Trinajstić information content (AvgIpc) is 2.33. The number of nitrogens with two attached hydrogens (primary N) is 1. The van der Waals surface area contributed by atoms with Gasteiger partial charge in [-0.2, -0.15) is 0 Å². The summed E-state index contributed by atoms with van der Waals surface area (Å²) in [6.45, 7) is 5.65. The van der Waals surface area contributed by atoms with E-state index in [1.165, 1.54) is 6.07 Å². The van der Waals surface area contributed by atoms with Crippen molar-refractivity contribution in [1.82, 2.24) is 5.32 Å². The van der Waals surface area contributed by atoms with Gasteiger partial charge in [-0.25, -0.2) is 4.39 Å². The van der Waals surface area contributed by atoms with E-state index < -0.39 is 5.54 Å². The third-order valence-corrected chi connectivity index (χ3v) is 3.80. The van der Waals surface area contributed by atoms with Crippen molar-refractivity contribution in [3.05, 3.63) is 34.1 Å². The monoisotopic (exact) mass is 344 g/mol. The summed E-state index contributed by atoms with van der Waals surface area (Å²) in [6, 6.07) is 4.81. The SMILES string of the molecule is CCCC(C)(N)C(=O)NC(C)Cc1ccc(F)c(Br)c1. The second kappa shape index (κ2) is 7.18. The van der Waals surface area contributed by atoms with Crippen LogP contribution in [0.5, 0.6) is 0 Å². The molecule has 0 spiro atoms. The Kier molecular flexibility index (Phi) is 6.14. The highest BCUT2D eigenvalue weighted by molar-refractivity contribution is 9.10. The molecule has 0 aliphatic rings. The zero-order chi connectivity index (χ0) is 15.3. The Bertz CT molecular complexity index is 477. The van der Waals surface area contributed by atoms with Crippen LogP contribution in [0.3, 0.4) is 0 Å². The van der Waals surface area contributed by atoms with Crippen molar-refractivity contribution in [2.45, 2.75) is 51.6 Å². The van der Waals surface area contributed by atoms with Crippen LogP contribution < -0.4 is 11.1 Å². The summed E-state index contributed by atoms with van der Waals surface area (Å²) in [5.41, 5.74) is 6.11. The summed E-state index contributed by atoms with van der Waals surface area (Å²) >= 11 is 3.16. The molecule has 0 saturated carbocycles. The molecule has 3 nitrogen and oxygen atoms in total. The number of carbonyl (C=O) groups excluding carboxylic acids is 1. The number of hydrogen-bond acceptors (Lipinski definition) is 2. The molecule has 0 fully saturated rings. The Morgan fingerprint density at radius 3 is 2.75 bits per heavy atom. The van der Waals surface area contributed by atoms with Gasteiger partial charge in [-0.3, -0.25) is 4.79 Å². The van der Waals surface area contributed by atoms with E-state index >= 15 is 0 Å². The third kappa shape index (κ3) is 4.87. The number of nitrogens with one attached hydrogen (secondary N) is 1. The first-order valence-electron chi connectivity index (χ1n) is 6.80. The molecule has 0 aliphatic heterocycles. The van der Waals surface area contributed by atoms with Crippen LogP contribution in [0.25, 0.3) is 0 Å². The summed E-state index contributed by atoms with van der Waals surface area (Å²) in [6.07, 6.45) is 2.14. The minimum Gasteiger partial charge on any atom is -0.352 e. The standard InChI is InChI=1S/C15H22BrFN2O/c1-4-7-15(3,18)14(20)19-10(2)8-11-5-6-13(17)12(16)9-11/h5-6,9-10H,4,7-8,18H2,1-3H3,(H,19,20). The maximum Gasteiger partial charge on any atom is 0.240 e. The zero-order valence-corrected chi connectivity index (χ0v) is 13.8. The van der Waals surface area contributed by atoms with Gasteiger partial charge in [0.1, 0.15) is 5.82 Å². The second-order valence-electron chi connectivity index (χ2n) is 5.49. The summed E-state index contributed by atoms with van der Waals surface area (Å²) < 4.78 is 13.6. The fraction of sp³-hybridized carbons (Fsp3) is 0.533. The van der Waals surface area contributed by atoms with Crippen molar-refractivity contribution >= 4 is 21.8 Å². The van der Waals surface area contributed by atoms with E-state index in [9.17, 15) is 9.18 Å². The molecule has 20 heavy (non-hydrogen) atoms. The van der Waals surface area contributed by atoms with Gasteiger partial charge in [0.15, 0.2) is 0 Å². The van der Waals surface area contributed by atoms with Crippen LogP contribution >= 0.6 is 15.9 Å².